The molecule has 1 amide bonds. The van der Waals surface area contributed by atoms with E-state index in [1.165, 1.54) is 46.6 Å². The summed E-state index contributed by atoms with van der Waals surface area (Å²) in [5, 5.41) is 12.3. The van der Waals surface area contributed by atoms with E-state index >= 15 is 0 Å². The third-order valence-corrected chi connectivity index (χ3v) is 3.36. The Bertz CT molecular complexity index is 719. The summed E-state index contributed by atoms with van der Waals surface area (Å²) < 4.78 is 20.7. The molecule has 0 saturated heterocycles. The smallest absolute Gasteiger partial charge is 0.255 e. The molecule has 2 aromatic carbocycles. The molecule has 0 bridgehead atoms. The fourth-order valence-electron chi connectivity index (χ4n) is 2.18. The summed E-state index contributed by atoms with van der Waals surface area (Å²) in [7, 11) is 5.90. The molecule has 0 aromatic heterocycles. The Morgan fingerprint density at radius 1 is 0.875 bits per heavy atom. The van der Waals surface area contributed by atoms with Gasteiger partial charge in [0.1, 0.15) is 0 Å². The van der Waals surface area contributed by atoms with Crippen LogP contribution in [0.4, 0.5) is 5.69 Å². The van der Waals surface area contributed by atoms with Gasteiger partial charge in [0.25, 0.3) is 5.91 Å². The van der Waals surface area contributed by atoms with Gasteiger partial charge < -0.3 is 29.4 Å². The zero-order chi connectivity index (χ0) is 17.7. The zero-order valence-electron chi connectivity index (χ0n) is 13.9. The molecule has 0 fully saturated rings. The van der Waals surface area contributed by atoms with Gasteiger partial charge in [0, 0.05) is 23.4 Å². The molecule has 0 atom stereocenters. The molecule has 0 spiro atoms. The molecule has 7 heteroatoms. The summed E-state index contributed by atoms with van der Waals surface area (Å²) in [6, 6.07) is 7.57. The van der Waals surface area contributed by atoms with Crippen molar-refractivity contribution in [2.24, 2.45) is 0 Å². The van der Waals surface area contributed by atoms with Crippen molar-refractivity contribution in [3.05, 3.63) is 35.9 Å². The van der Waals surface area contributed by atoms with E-state index in [-0.39, 0.29) is 17.4 Å². The van der Waals surface area contributed by atoms with Crippen LogP contribution in [0.1, 0.15) is 10.4 Å². The second-order valence-electron chi connectivity index (χ2n) is 4.75. The van der Waals surface area contributed by atoms with E-state index in [0.29, 0.717) is 28.5 Å². The van der Waals surface area contributed by atoms with Gasteiger partial charge >= 0.3 is 0 Å². The summed E-state index contributed by atoms with van der Waals surface area (Å²) in [6.45, 7) is 0. The van der Waals surface area contributed by atoms with Crippen molar-refractivity contribution < 1.29 is 28.8 Å². The van der Waals surface area contributed by atoms with Crippen molar-refractivity contribution in [3.63, 3.8) is 0 Å². The Labute approximate surface area is 139 Å². The minimum Gasteiger partial charge on any atom is -0.504 e. The number of nitrogens with one attached hydrogen (secondary N) is 1. The molecule has 128 valence electrons. The first-order chi connectivity index (χ1) is 11.5. The lowest BCUT2D eigenvalue weighted by molar-refractivity contribution is 0.102. The van der Waals surface area contributed by atoms with Crippen molar-refractivity contribution in [1.29, 1.82) is 0 Å². The standard InChI is InChI=1S/C17H19NO6/c1-21-13-7-10(5-6-12(13)19)17(20)18-11-8-14(22-2)16(24-4)15(9-11)23-3/h5-9,19H,1-4H3,(H,18,20). The largest absolute Gasteiger partial charge is 0.504 e. The van der Waals surface area contributed by atoms with E-state index in [0.717, 1.165) is 0 Å². The van der Waals surface area contributed by atoms with Gasteiger partial charge in [0.2, 0.25) is 5.75 Å². The van der Waals surface area contributed by atoms with Gasteiger partial charge in [0.05, 0.1) is 28.4 Å². The molecule has 2 rings (SSSR count). The number of rotatable bonds is 6. The highest BCUT2D eigenvalue weighted by molar-refractivity contribution is 6.05. The monoisotopic (exact) mass is 333 g/mol. The summed E-state index contributed by atoms with van der Waals surface area (Å²) in [5.41, 5.74) is 0.806. The number of phenols is 1. The van der Waals surface area contributed by atoms with Gasteiger partial charge in [-0.3, -0.25) is 4.79 Å². The minimum absolute atomic E-state index is 0.0400. The van der Waals surface area contributed by atoms with E-state index < -0.39 is 0 Å². The van der Waals surface area contributed by atoms with E-state index in [2.05, 4.69) is 5.32 Å². The predicted molar refractivity (Wildman–Crippen MR) is 88.7 cm³/mol. The lowest BCUT2D eigenvalue weighted by Gasteiger charge is -2.15. The maximum Gasteiger partial charge on any atom is 0.255 e. The SMILES string of the molecule is COc1cc(C(=O)Nc2cc(OC)c(OC)c(OC)c2)ccc1O. The molecule has 24 heavy (non-hydrogen) atoms. The Kier molecular flexibility index (Phi) is 5.36. The number of amides is 1. The number of ether oxygens (including phenoxy) is 4. The molecule has 0 unspecified atom stereocenters. The second kappa shape index (κ2) is 7.45. The van der Waals surface area contributed by atoms with Gasteiger partial charge in [-0.1, -0.05) is 0 Å². The van der Waals surface area contributed by atoms with Crippen LogP contribution in [-0.2, 0) is 0 Å². The molecule has 0 aliphatic rings. The molecule has 0 aliphatic carbocycles. The van der Waals surface area contributed by atoms with Crippen molar-refractivity contribution in [2.45, 2.75) is 0 Å². The van der Waals surface area contributed by atoms with Gasteiger partial charge in [-0.2, -0.15) is 0 Å². The average molecular weight is 333 g/mol. The molecule has 2 N–H and O–H groups in total. The molecule has 0 radical (unpaired) electrons. The van der Waals surface area contributed by atoms with E-state index in [1.807, 2.05) is 0 Å². The highest BCUT2D eigenvalue weighted by Crippen LogP contribution is 2.40. The van der Waals surface area contributed by atoms with Crippen LogP contribution >= 0.6 is 0 Å². The van der Waals surface area contributed by atoms with Gasteiger partial charge in [-0.15, -0.1) is 0 Å². The molecule has 7 nitrogen and oxygen atoms in total. The summed E-state index contributed by atoms with van der Waals surface area (Å²) in [5.74, 6) is 1.09. The summed E-state index contributed by atoms with van der Waals surface area (Å²) >= 11 is 0. The van der Waals surface area contributed by atoms with E-state index in [4.69, 9.17) is 18.9 Å². The summed E-state index contributed by atoms with van der Waals surface area (Å²) in [4.78, 5) is 12.4. The lowest BCUT2D eigenvalue weighted by atomic mass is 10.1. The van der Waals surface area contributed by atoms with Crippen LogP contribution < -0.4 is 24.3 Å². The van der Waals surface area contributed by atoms with Crippen LogP contribution in [0.5, 0.6) is 28.7 Å². The topological polar surface area (TPSA) is 86.3 Å². The number of aromatic hydroxyl groups is 1. The van der Waals surface area contributed by atoms with Crippen molar-refractivity contribution >= 4 is 11.6 Å². The Balaban J connectivity index is 2.32. The molecular formula is C17H19NO6. The fraction of sp³-hybridized carbons (Fsp3) is 0.235. The predicted octanol–water partition coefficient (Wildman–Crippen LogP) is 2.68. The number of hydrogen-bond donors (Lipinski definition) is 2. The number of hydrogen-bond acceptors (Lipinski definition) is 6. The number of methoxy groups -OCH3 is 4. The molecule has 0 saturated carbocycles. The van der Waals surface area contributed by atoms with E-state index in [1.54, 1.807) is 12.1 Å². The third kappa shape index (κ3) is 3.45. The van der Waals surface area contributed by atoms with Crippen LogP contribution in [0.3, 0.4) is 0 Å². The number of carbonyl (C=O) groups excluding carboxylic acids is 1. The molecule has 0 heterocycles. The van der Waals surface area contributed by atoms with Crippen LogP contribution in [0.15, 0.2) is 30.3 Å². The fourth-order valence-corrected chi connectivity index (χ4v) is 2.18. The molecule has 0 aliphatic heterocycles. The number of anilines is 1. The lowest BCUT2D eigenvalue weighted by Crippen LogP contribution is -2.12. The number of phenolic OH excluding ortho intramolecular Hbond substituents is 1. The van der Waals surface area contributed by atoms with Gasteiger partial charge in [0.15, 0.2) is 23.0 Å². The van der Waals surface area contributed by atoms with Crippen LogP contribution in [-0.4, -0.2) is 39.5 Å². The minimum atomic E-state index is -0.373. The second-order valence-corrected chi connectivity index (χ2v) is 4.75. The average Bonchev–Trinajstić information content (AvgIpc) is 2.60. The van der Waals surface area contributed by atoms with Crippen LogP contribution in [0, 0.1) is 0 Å². The highest BCUT2D eigenvalue weighted by atomic mass is 16.5. The Morgan fingerprint density at radius 2 is 1.46 bits per heavy atom. The van der Waals surface area contributed by atoms with Gasteiger partial charge in [-0.05, 0) is 18.2 Å². The maximum absolute atomic E-state index is 12.4. The highest BCUT2D eigenvalue weighted by Gasteiger charge is 2.16. The summed E-state index contributed by atoms with van der Waals surface area (Å²) in [6.07, 6.45) is 0. The Hall–Kier alpha value is -3.09. The number of carbonyl (C=O) groups is 1. The van der Waals surface area contributed by atoms with Crippen molar-refractivity contribution in [3.8, 4) is 28.7 Å². The number of benzene rings is 2. The van der Waals surface area contributed by atoms with Crippen molar-refractivity contribution in [2.75, 3.05) is 33.8 Å². The van der Waals surface area contributed by atoms with Gasteiger partial charge in [-0.25, -0.2) is 0 Å². The first-order valence-electron chi connectivity index (χ1n) is 7.02. The normalized spacial score (nSPS) is 10.0. The third-order valence-electron chi connectivity index (χ3n) is 3.36. The zero-order valence-corrected chi connectivity index (χ0v) is 13.9. The van der Waals surface area contributed by atoms with E-state index in [9.17, 15) is 9.90 Å². The Morgan fingerprint density at radius 3 is 1.96 bits per heavy atom. The quantitative estimate of drug-likeness (QED) is 0.845. The van der Waals surface area contributed by atoms with Crippen LogP contribution in [0.2, 0.25) is 0 Å². The molecule has 2 aromatic rings. The molecular weight excluding hydrogens is 314 g/mol. The first kappa shape index (κ1) is 17.3. The first-order valence-corrected chi connectivity index (χ1v) is 7.02. The maximum atomic E-state index is 12.4. The van der Waals surface area contributed by atoms with Crippen molar-refractivity contribution in [1.82, 2.24) is 0 Å². The van der Waals surface area contributed by atoms with Crippen LogP contribution in [0.25, 0.3) is 0 Å².